The molecule has 1 aliphatic rings. The number of amides is 2. The van der Waals surface area contributed by atoms with Crippen molar-refractivity contribution in [1.29, 1.82) is 0 Å². The van der Waals surface area contributed by atoms with E-state index in [1.165, 1.54) is 11.9 Å². The zero-order chi connectivity index (χ0) is 11.0. The number of nitrogens with zero attached hydrogens (tertiary/aromatic N) is 1. The molecule has 0 aromatic rings. The molecular formula is C10H21NO2. The van der Waals surface area contributed by atoms with Crippen LogP contribution in [-0.4, -0.2) is 23.8 Å². The molecule has 2 amide bonds. The third-order valence-electron chi connectivity index (χ3n) is 1.61. The van der Waals surface area contributed by atoms with Crippen molar-refractivity contribution in [2.45, 2.75) is 41.0 Å². The first-order chi connectivity index (χ1) is 6.13. The lowest BCUT2D eigenvalue weighted by Crippen LogP contribution is -2.24. The highest BCUT2D eigenvalue weighted by molar-refractivity contribution is 6.02. The lowest BCUT2D eigenvalue weighted by Gasteiger charge is -2.03. The van der Waals surface area contributed by atoms with E-state index in [0.717, 1.165) is 0 Å². The van der Waals surface area contributed by atoms with Crippen molar-refractivity contribution in [3.05, 3.63) is 0 Å². The van der Waals surface area contributed by atoms with E-state index in [4.69, 9.17) is 0 Å². The van der Waals surface area contributed by atoms with Crippen molar-refractivity contribution in [2.24, 2.45) is 5.92 Å². The zero-order valence-corrected chi connectivity index (χ0v) is 9.55. The number of carbonyl (C=O) groups excluding carboxylic acids is 2. The summed E-state index contributed by atoms with van der Waals surface area (Å²) in [6, 6.07) is 0. The fraction of sp³-hybridized carbons (Fsp3) is 0.800. The topological polar surface area (TPSA) is 37.4 Å². The smallest absolute Gasteiger partial charge is 0.232 e. The van der Waals surface area contributed by atoms with Crippen LogP contribution in [0.15, 0.2) is 0 Å². The van der Waals surface area contributed by atoms with Crippen molar-refractivity contribution >= 4 is 11.8 Å². The molecule has 3 heteroatoms. The van der Waals surface area contributed by atoms with Gasteiger partial charge in [-0.15, -0.1) is 0 Å². The van der Waals surface area contributed by atoms with Gasteiger partial charge in [0.25, 0.3) is 0 Å². The highest BCUT2D eigenvalue weighted by Gasteiger charge is 2.32. The maximum absolute atomic E-state index is 10.8. The molecule has 1 aliphatic heterocycles. The quantitative estimate of drug-likeness (QED) is 0.544. The molecular weight excluding hydrogens is 166 g/mol. The van der Waals surface area contributed by atoms with Gasteiger partial charge >= 0.3 is 0 Å². The first-order valence-electron chi connectivity index (χ1n) is 4.93. The molecule has 1 saturated heterocycles. The lowest BCUT2D eigenvalue weighted by atomic mass is 10.1. The van der Waals surface area contributed by atoms with Gasteiger partial charge < -0.3 is 0 Å². The van der Waals surface area contributed by atoms with Gasteiger partial charge in [0, 0.05) is 19.4 Å². The molecule has 0 aliphatic carbocycles. The Labute approximate surface area is 81.1 Å². The molecule has 0 bridgehead atoms. The molecule has 1 atom stereocenters. The van der Waals surface area contributed by atoms with Gasteiger partial charge in [0.1, 0.15) is 0 Å². The molecule has 0 aromatic carbocycles. The minimum Gasteiger partial charge on any atom is -0.286 e. The Bertz CT molecular complexity index is 166. The van der Waals surface area contributed by atoms with E-state index in [1.807, 2.05) is 27.7 Å². The van der Waals surface area contributed by atoms with Crippen molar-refractivity contribution < 1.29 is 9.59 Å². The van der Waals surface area contributed by atoms with E-state index < -0.39 is 0 Å². The molecule has 0 saturated carbocycles. The van der Waals surface area contributed by atoms with Crippen LogP contribution in [0.5, 0.6) is 0 Å². The van der Waals surface area contributed by atoms with E-state index >= 15 is 0 Å². The Balaban J connectivity index is 0. The highest BCUT2D eigenvalue weighted by atomic mass is 16.2. The SMILES string of the molecule is CC.CC.CC1CC(=O)N(C)C1=O. The standard InChI is InChI=1S/C6H9NO2.2C2H6/c1-4-3-5(8)7(2)6(4)9;2*1-2/h4H,3H2,1-2H3;2*1-2H3. The van der Waals surface area contributed by atoms with Crippen LogP contribution in [0.3, 0.4) is 0 Å². The fourth-order valence-corrected chi connectivity index (χ4v) is 0.940. The van der Waals surface area contributed by atoms with Crippen molar-refractivity contribution in [2.75, 3.05) is 7.05 Å². The molecule has 0 spiro atoms. The maximum Gasteiger partial charge on any atom is 0.232 e. The first-order valence-corrected chi connectivity index (χ1v) is 4.93. The summed E-state index contributed by atoms with van der Waals surface area (Å²) in [5, 5.41) is 0. The lowest BCUT2D eigenvalue weighted by molar-refractivity contribution is -0.137. The second kappa shape index (κ2) is 7.77. The molecule has 78 valence electrons. The van der Waals surface area contributed by atoms with Gasteiger partial charge in [-0.3, -0.25) is 14.5 Å². The van der Waals surface area contributed by atoms with Crippen molar-refractivity contribution in [3.8, 4) is 0 Å². The molecule has 1 fully saturated rings. The van der Waals surface area contributed by atoms with Crippen LogP contribution in [0, 0.1) is 5.92 Å². The summed E-state index contributed by atoms with van der Waals surface area (Å²) in [5.41, 5.74) is 0. The monoisotopic (exact) mass is 187 g/mol. The summed E-state index contributed by atoms with van der Waals surface area (Å²) in [6.07, 6.45) is 0.384. The first kappa shape index (κ1) is 14.7. The van der Waals surface area contributed by atoms with Gasteiger partial charge in [0.05, 0.1) is 0 Å². The second-order valence-corrected chi connectivity index (χ2v) is 2.40. The van der Waals surface area contributed by atoms with Gasteiger partial charge in [-0.05, 0) is 0 Å². The summed E-state index contributed by atoms with van der Waals surface area (Å²) < 4.78 is 0. The van der Waals surface area contributed by atoms with Gasteiger partial charge in [-0.2, -0.15) is 0 Å². The summed E-state index contributed by atoms with van der Waals surface area (Å²) in [6.45, 7) is 9.77. The fourth-order valence-electron chi connectivity index (χ4n) is 0.940. The Hall–Kier alpha value is -0.860. The molecule has 1 unspecified atom stereocenters. The minimum atomic E-state index is -0.0949. The second-order valence-electron chi connectivity index (χ2n) is 2.40. The number of rotatable bonds is 0. The molecule has 0 radical (unpaired) electrons. The summed E-state index contributed by atoms with van der Waals surface area (Å²) in [7, 11) is 1.52. The Morgan fingerprint density at radius 2 is 1.54 bits per heavy atom. The number of imide groups is 1. The molecule has 1 heterocycles. The third kappa shape index (κ3) is 4.06. The zero-order valence-electron chi connectivity index (χ0n) is 9.55. The number of hydrogen-bond acceptors (Lipinski definition) is 2. The van der Waals surface area contributed by atoms with Crippen LogP contribution in [0.2, 0.25) is 0 Å². The number of carbonyl (C=O) groups is 2. The predicted octanol–water partition coefficient (Wildman–Crippen LogP) is 2.06. The minimum absolute atomic E-state index is 0.0556. The van der Waals surface area contributed by atoms with Crippen molar-refractivity contribution in [3.63, 3.8) is 0 Å². The van der Waals surface area contributed by atoms with Crippen molar-refractivity contribution in [1.82, 2.24) is 4.90 Å². The summed E-state index contributed by atoms with van der Waals surface area (Å²) in [4.78, 5) is 22.7. The predicted molar refractivity (Wildman–Crippen MR) is 54.3 cm³/mol. The van der Waals surface area contributed by atoms with Gasteiger partial charge in [0.15, 0.2) is 0 Å². The van der Waals surface area contributed by atoms with Gasteiger partial charge in [-0.1, -0.05) is 34.6 Å². The van der Waals surface area contributed by atoms with Crippen LogP contribution in [0.25, 0.3) is 0 Å². The Morgan fingerprint density at radius 3 is 1.62 bits per heavy atom. The largest absolute Gasteiger partial charge is 0.286 e. The Morgan fingerprint density at radius 1 is 1.15 bits per heavy atom. The number of hydrogen-bond donors (Lipinski definition) is 0. The molecule has 13 heavy (non-hydrogen) atoms. The Kier molecular flexibility index (Phi) is 8.76. The highest BCUT2D eigenvalue weighted by Crippen LogP contribution is 2.15. The van der Waals surface area contributed by atoms with Gasteiger partial charge in [0.2, 0.25) is 11.8 Å². The molecule has 0 aromatic heterocycles. The van der Waals surface area contributed by atoms with E-state index in [2.05, 4.69) is 0 Å². The van der Waals surface area contributed by atoms with E-state index in [1.54, 1.807) is 6.92 Å². The summed E-state index contributed by atoms with van der Waals surface area (Å²) in [5.74, 6) is -0.213. The summed E-state index contributed by atoms with van der Waals surface area (Å²) >= 11 is 0. The maximum atomic E-state index is 10.8. The van der Waals surface area contributed by atoms with Crippen LogP contribution < -0.4 is 0 Å². The van der Waals surface area contributed by atoms with Gasteiger partial charge in [-0.25, -0.2) is 0 Å². The molecule has 3 nitrogen and oxygen atoms in total. The third-order valence-corrected chi connectivity index (χ3v) is 1.61. The number of likely N-dealkylation sites (tertiary alicyclic amines) is 1. The normalized spacial score (nSPS) is 20.2. The van der Waals surface area contributed by atoms with E-state index in [-0.39, 0.29) is 17.7 Å². The van der Waals surface area contributed by atoms with Crippen LogP contribution in [0.4, 0.5) is 0 Å². The molecule has 0 N–H and O–H groups in total. The molecule has 1 rings (SSSR count). The van der Waals surface area contributed by atoms with Crippen LogP contribution in [-0.2, 0) is 9.59 Å². The average molecular weight is 187 g/mol. The average Bonchev–Trinajstić information content (AvgIpc) is 2.40. The van der Waals surface area contributed by atoms with Crippen LogP contribution in [0.1, 0.15) is 41.0 Å². The van der Waals surface area contributed by atoms with E-state index in [0.29, 0.717) is 6.42 Å². The van der Waals surface area contributed by atoms with Crippen LogP contribution >= 0.6 is 0 Å². The van der Waals surface area contributed by atoms with E-state index in [9.17, 15) is 9.59 Å².